The van der Waals surface area contributed by atoms with E-state index in [2.05, 4.69) is 15.3 Å². The summed E-state index contributed by atoms with van der Waals surface area (Å²) in [5.41, 5.74) is 1.87. The highest BCUT2D eigenvalue weighted by molar-refractivity contribution is 6.31. The number of benzene rings is 2. The minimum absolute atomic E-state index is 0.0569. The van der Waals surface area contributed by atoms with Crippen molar-refractivity contribution < 1.29 is 19.5 Å². The number of halogens is 1. The van der Waals surface area contributed by atoms with Gasteiger partial charge < -0.3 is 15.4 Å². The van der Waals surface area contributed by atoms with Gasteiger partial charge in [-0.3, -0.25) is 9.59 Å². The Morgan fingerprint density at radius 3 is 2.48 bits per heavy atom. The first-order chi connectivity index (χ1) is 14.9. The van der Waals surface area contributed by atoms with E-state index in [4.69, 9.17) is 11.6 Å². The van der Waals surface area contributed by atoms with E-state index in [-0.39, 0.29) is 18.6 Å². The second kappa shape index (κ2) is 10.5. The second-order valence-corrected chi connectivity index (χ2v) is 7.64. The summed E-state index contributed by atoms with van der Waals surface area (Å²) in [6, 6.07) is 14.7. The molecule has 160 valence electrons. The number of aromatic amines is 1. The van der Waals surface area contributed by atoms with Crippen LogP contribution in [0.3, 0.4) is 0 Å². The largest absolute Gasteiger partial charge is 0.480 e. The topological polar surface area (TPSA) is 112 Å². The summed E-state index contributed by atoms with van der Waals surface area (Å²) in [5.74, 6) is -2.63. The highest BCUT2D eigenvalue weighted by atomic mass is 35.5. The molecule has 1 aromatic heterocycles. The molecule has 1 unspecified atom stereocenters. The Balaban J connectivity index is 1.77. The van der Waals surface area contributed by atoms with E-state index in [0.29, 0.717) is 22.7 Å². The van der Waals surface area contributed by atoms with E-state index in [1.54, 1.807) is 24.3 Å². The maximum atomic E-state index is 13.0. The monoisotopic (exact) mass is 439 g/mol. The number of ketones is 1. The summed E-state index contributed by atoms with van der Waals surface area (Å²) in [6.07, 6.45) is 3.23. The highest BCUT2D eigenvalue weighted by Crippen LogP contribution is 2.19. The number of carbonyl (C=O) groups excluding carboxylic acids is 2. The maximum absolute atomic E-state index is 13.0. The van der Waals surface area contributed by atoms with Crippen LogP contribution in [0.5, 0.6) is 0 Å². The molecule has 1 amide bonds. The molecule has 31 heavy (non-hydrogen) atoms. The van der Waals surface area contributed by atoms with Crippen LogP contribution in [-0.2, 0) is 22.4 Å². The first-order valence-electron chi connectivity index (χ1n) is 9.75. The first-order valence-corrected chi connectivity index (χ1v) is 10.1. The van der Waals surface area contributed by atoms with Crippen molar-refractivity contribution in [2.75, 3.05) is 0 Å². The van der Waals surface area contributed by atoms with Crippen LogP contribution >= 0.6 is 11.6 Å². The summed E-state index contributed by atoms with van der Waals surface area (Å²) in [5, 5.41) is 12.6. The predicted octanol–water partition coefficient (Wildman–Crippen LogP) is 3.31. The molecular weight excluding hydrogens is 418 g/mol. The van der Waals surface area contributed by atoms with Crippen LogP contribution in [0, 0.1) is 5.92 Å². The molecule has 0 bridgehead atoms. The third-order valence-electron chi connectivity index (χ3n) is 4.87. The summed E-state index contributed by atoms with van der Waals surface area (Å²) in [4.78, 5) is 44.2. The molecule has 0 aliphatic rings. The number of nitrogens with one attached hydrogen (secondary N) is 2. The Kier molecular flexibility index (Phi) is 7.56. The Labute approximate surface area is 184 Å². The van der Waals surface area contributed by atoms with Crippen molar-refractivity contribution in [3.8, 4) is 0 Å². The molecule has 0 saturated carbocycles. The number of nitrogens with zero attached hydrogens (tertiary/aromatic N) is 1. The number of rotatable bonds is 10. The van der Waals surface area contributed by atoms with E-state index in [0.717, 1.165) is 5.56 Å². The van der Waals surface area contributed by atoms with Crippen molar-refractivity contribution in [2.45, 2.75) is 25.3 Å². The lowest BCUT2D eigenvalue weighted by Crippen LogP contribution is -2.45. The minimum Gasteiger partial charge on any atom is -0.480 e. The molecule has 0 spiro atoms. The van der Waals surface area contributed by atoms with Crippen LogP contribution in [0.1, 0.15) is 28.0 Å². The molecule has 8 heteroatoms. The van der Waals surface area contributed by atoms with Crippen LogP contribution in [0.15, 0.2) is 67.1 Å². The molecule has 0 radical (unpaired) electrons. The third-order valence-corrected chi connectivity index (χ3v) is 5.10. The van der Waals surface area contributed by atoms with Crippen LogP contribution < -0.4 is 5.32 Å². The fourth-order valence-electron chi connectivity index (χ4n) is 3.27. The van der Waals surface area contributed by atoms with Gasteiger partial charge >= 0.3 is 5.97 Å². The average Bonchev–Trinajstić information content (AvgIpc) is 3.26. The van der Waals surface area contributed by atoms with Crippen molar-refractivity contribution in [1.29, 1.82) is 0 Å². The number of aromatic nitrogens is 2. The van der Waals surface area contributed by atoms with Gasteiger partial charge in [-0.1, -0.05) is 54.1 Å². The number of carboxylic acid groups (broad SMARTS) is 1. The molecule has 3 aromatic rings. The van der Waals surface area contributed by atoms with Gasteiger partial charge in [-0.2, -0.15) is 0 Å². The third kappa shape index (κ3) is 6.52. The lowest BCUT2D eigenvalue weighted by atomic mass is 9.91. The van der Waals surface area contributed by atoms with Crippen molar-refractivity contribution >= 4 is 29.3 Å². The van der Waals surface area contributed by atoms with E-state index < -0.39 is 23.8 Å². The zero-order valence-electron chi connectivity index (χ0n) is 16.6. The van der Waals surface area contributed by atoms with Crippen LogP contribution in [0.2, 0.25) is 5.02 Å². The molecule has 0 saturated heterocycles. The first kappa shape index (κ1) is 22.2. The van der Waals surface area contributed by atoms with Crippen molar-refractivity contribution in [3.63, 3.8) is 0 Å². The fraction of sp³-hybridized carbons (Fsp3) is 0.217. The zero-order chi connectivity index (χ0) is 22.2. The molecule has 1 heterocycles. The summed E-state index contributed by atoms with van der Waals surface area (Å²) >= 11 is 5.98. The Morgan fingerprint density at radius 1 is 1.06 bits per heavy atom. The van der Waals surface area contributed by atoms with E-state index in [1.807, 2.05) is 30.3 Å². The normalized spacial score (nSPS) is 12.7. The van der Waals surface area contributed by atoms with E-state index in [1.165, 1.54) is 12.5 Å². The molecule has 2 atom stereocenters. The zero-order valence-corrected chi connectivity index (χ0v) is 17.4. The number of hydrogen-bond donors (Lipinski definition) is 3. The number of amides is 1. The molecular formula is C23H22ClN3O4. The number of aliphatic carboxylic acids is 1. The molecule has 0 aliphatic heterocycles. The number of hydrogen-bond acceptors (Lipinski definition) is 4. The van der Waals surface area contributed by atoms with Crippen LogP contribution in [0.4, 0.5) is 0 Å². The van der Waals surface area contributed by atoms with Gasteiger partial charge in [-0.15, -0.1) is 0 Å². The molecule has 2 aromatic carbocycles. The van der Waals surface area contributed by atoms with Crippen molar-refractivity contribution in [2.24, 2.45) is 5.92 Å². The quantitative estimate of drug-likeness (QED) is 0.419. The van der Waals surface area contributed by atoms with Gasteiger partial charge in [-0.25, -0.2) is 9.78 Å². The molecule has 3 rings (SSSR count). The standard InChI is InChI=1S/C23H22ClN3O4/c24-18-8-4-7-16(10-18)21(28)11-17(9-15-5-2-1-3-6-15)22(29)27-20(23(30)31)12-19-13-25-14-26-19/h1-8,10,13-14,17,20H,9,11-12H2,(H,25,26)(H,27,29)(H,30,31)/t17?,20-/m0/s1. The number of carbonyl (C=O) groups is 3. The molecule has 7 nitrogen and oxygen atoms in total. The predicted molar refractivity (Wildman–Crippen MR) is 116 cm³/mol. The second-order valence-electron chi connectivity index (χ2n) is 7.20. The van der Waals surface area contributed by atoms with Gasteiger partial charge in [0, 0.05) is 41.2 Å². The van der Waals surface area contributed by atoms with Gasteiger partial charge in [0.05, 0.1) is 6.33 Å². The average molecular weight is 440 g/mol. The van der Waals surface area contributed by atoms with Crippen molar-refractivity contribution in [3.05, 3.63) is 89.0 Å². The lowest BCUT2D eigenvalue weighted by molar-refractivity contribution is -0.142. The molecule has 0 aliphatic carbocycles. The highest BCUT2D eigenvalue weighted by Gasteiger charge is 2.28. The Hall–Kier alpha value is -3.45. The van der Waals surface area contributed by atoms with Crippen LogP contribution in [-0.4, -0.2) is 38.8 Å². The minimum atomic E-state index is -1.16. The number of carboxylic acids is 1. The Morgan fingerprint density at radius 2 is 1.84 bits per heavy atom. The Bertz CT molecular complexity index is 1040. The van der Waals surface area contributed by atoms with Gasteiger partial charge in [0.1, 0.15) is 6.04 Å². The fourth-order valence-corrected chi connectivity index (χ4v) is 3.46. The van der Waals surface area contributed by atoms with Gasteiger partial charge in [-0.05, 0) is 24.1 Å². The van der Waals surface area contributed by atoms with Gasteiger partial charge in [0.25, 0.3) is 0 Å². The van der Waals surface area contributed by atoms with Crippen LogP contribution in [0.25, 0.3) is 0 Å². The van der Waals surface area contributed by atoms with E-state index in [9.17, 15) is 19.5 Å². The number of imidazole rings is 1. The summed E-state index contributed by atoms with van der Waals surface area (Å²) in [6.45, 7) is 0. The number of H-pyrrole nitrogens is 1. The lowest BCUT2D eigenvalue weighted by Gasteiger charge is -2.20. The van der Waals surface area contributed by atoms with Crippen molar-refractivity contribution in [1.82, 2.24) is 15.3 Å². The number of Topliss-reactive ketones (excluding diaryl/α,β-unsaturated/α-hetero) is 1. The maximum Gasteiger partial charge on any atom is 0.326 e. The van der Waals surface area contributed by atoms with E-state index >= 15 is 0 Å². The smallest absolute Gasteiger partial charge is 0.326 e. The van der Waals surface area contributed by atoms with Gasteiger partial charge in [0.15, 0.2) is 5.78 Å². The summed E-state index contributed by atoms with van der Waals surface area (Å²) in [7, 11) is 0. The van der Waals surface area contributed by atoms with Gasteiger partial charge in [0.2, 0.25) is 5.91 Å². The molecule has 0 fully saturated rings. The SMILES string of the molecule is O=C(CC(Cc1ccccc1)C(=O)N[C@@H](Cc1cnc[nH]1)C(=O)O)c1cccc(Cl)c1. The molecule has 3 N–H and O–H groups in total. The summed E-state index contributed by atoms with van der Waals surface area (Å²) < 4.78 is 0.